The van der Waals surface area contributed by atoms with E-state index in [-0.39, 0.29) is 60.8 Å². The first-order valence-electron chi connectivity index (χ1n) is 45.9. The Kier molecular flexibility index (Phi) is 78.9. The predicted molar refractivity (Wildman–Crippen MR) is 439 cm³/mol. The maximum Gasteiger partial charge on any atom is 0.308 e. The van der Waals surface area contributed by atoms with Crippen molar-refractivity contribution in [2.45, 2.75) is 453 Å². The summed E-state index contributed by atoms with van der Waals surface area (Å²) in [5.74, 6) is 0.631. The molecule has 12 nitrogen and oxygen atoms in total. The molecule has 0 saturated heterocycles. The van der Waals surface area contributed by atoms with Gasteiger partial charge in [-0.2, -0.15) is 0 Å². The van der Waals surface area contributed by atoms with Gasteiger partial charge in [-0.15, -0.1) is 0 Å². The van der Waals surface area contributed by atoms with Gasteiger partial charge in [-0.1, -0.05) is 331 Å². The zero-order valence-electron chi connectivity index (χ0n) is 70.0. The van der Waals surface area contributed by atoms with Crippen molar-refractivity contribution in [3.05, 3.63) is 0 Å². The summed E-state index contributed by atoms with van der Waals surface area (Å²) in [6, 6.07) is 0. The van der Waals surface area contributed by atoms with E-state index in [1.165, 1.54) is 186 Å². The van der Waals surface area contributed by atoms with Gasteiger partial charge in [-0.25, -0.2) is 0 Å². The van der Waals surface area contributed by atoms with Crippen molar-refractivity contribution in [3.63, 3.8) is 0 Å². The van der Waals surface area contributed by atoms with Crippen LogP contribution in [0.25, 0.3) is 0 Å². The molecule has 12 heteroatoms. The van der Waals surface area contributed by atoms with Crippen LogP contribution in [0.2, 0.25) is 0 Å². The fourth-order valence-corrected chi connectivity index (χ4v) is 15.3. The van der Waals surface area contributed by atoms with E-state index >= 15 is 0 Å². The lowest BCUT2D eigenvalue weighted by Gasteiger charge is -2.23. The van der Waals surface area contributed by atoms with E-state index < -0.39 is 0 Å². The average molecular weight is 1460 g/mol. The lowest BCUT2D eigenvalue weighted by Crippen LogP contribution is -2.29. The minimum absolute atomic E-state index is 0.000254. The zero-order chi connectivity index (χ0) is 75.2. The number of rotatable bonds is 85. The second-order valence-corrected chi connectivity index (χ2v) is 32.1. The summed E-state index contributed by atoms with van der Waals surface area (Å²) >= 11 is 0. The van der Waals surface area contributed by atoms with Crippen molar-refractivity contribution in [1.29, 1.82) is 0 Å². The van der Waals surface area contributed by atoms with Crippen LogP contribution in [0.15, 0.2) is 0 Å². The Morgan fingerprint density at radius 3 is 0.748 bits per heavy atom. The van der Waals surface area contributed by atoms with Gasteiger partial charge in [0.15, 0.2) is 0 Å². The summed E-state index contributed by atoms with van der Waals surface area (Å²) in [7, 11) is 0. The summed E-state index contributed by atoms with van der Waals surface area (Å²) in [6.45, 7) is 23.7. The molecule has 0 fully saturated rings. The fraction of sp³-hybridized carbons (Fsp3) is 0.956. The number of hydrogen-bond donors (Lipinski definition) is 2. The van der Waals surface area contributed by atoms with Gasteiger partial charge in [-0.05, 0) is 161 Å². The molecule has 2 N–H and O–H groups in total. The molecule has 0 amide bonds. The van der Waals surface area contributed by atoms with Crippen molar-refractivity contribution >= 4 is 23.9 Å². The molecule has 0 aliphatic carbocycles. The van der Waals surface area contributed by atoms with Crippen LogP contribution in [0.3, 0.4) is 0 Å². The highest BCUT2D eigenvalue weighted by molar-refractivity contribution is 5.73. The predicted octanol–water partition coefficient (Wildman–Crippen LogP) is 25.5. The van der Waals surface area contributed by atoms with E-state index in [2.05, 4.69) is 58.3 Å². The van der Waals surface area contributed by atoms with Gasteiger partial charge in [0.1, 0.15) is 0 Å². The molecular formula is C91H178N2O10. The Morgan fingerprint density at radius 2 is 0.437 bits per heavy atom. The number of carbonyl (C=O) groups excluding carboxylic acids is 4. The Hall–Kier alpha value is -2.28. The number of ether oxygens (including phenoxy) is 4. The third-order valence-corrected chi connectivity index (χ3v) is 22.3. The third kappa shape index (κ3) is 66.4. The van der Waals surface area contributed by atoms with Crippen molar-refractivity contribution in [3.8, 4) is 0 Å². The highest BCUT2D eigenvalue weighted by Gasteiger charge is 2.26. The van der Waals surface area contributed by atoms with Crippen LogP contribution in [0.1, 0.15) is 453 Å². The Balaban J connectivity index is 5.27. The smallest absolute Gasteiger partial charge is 0.308 e. The number of hydrogen-bond acceptors (Lipinski definition) is 12. The van der Waals surface area contributed by atoms with Crippen LogP contribution in [-0.2, 0) is 38.1 Å². The van der Waals surface area contributed by atoms with E-state index in [4.69, 9.17) is 18.9 Å². The summed E-state index contributed by atoms with van der Waals surface area (Å²) in [5.41, 5.74) is 0. The van der Waals surface area contributed by atoms with Crippen molar-refractivity contribution < 1.29 is 48.3 Å². The molecule has 0 radical (unpaired) electrons. The Bertz CT molecular complexity index is 1770. The molecule has 0 aliphatic rings. The van der Waals surface area contributed by atoms with Gasteiger partial charge < -0.3 is 39.0 Å². The molecule has 612 valence electrons. The Labute approximate surface area is 640 Å². The first-order valence-corrected chi connectivity index (χ1v) is 45.9. The quantitative estimate of drug-likeness (QED) is 0.0339. The number of unbranched alkanes of at least 4 members (excludes halogenated alkanes) is 40. The molecule has 5 unspecified atom stereocenters. The number of carbonyl (C=O) groups is 4. The molecule has 0 aromatic rings. The van der Waals surface area contributed by atoms with Crippen LogP contribution in [0.5, 0.6) is 0 Å². The standard InChI is InChI=1S/C91H178N2O10/c1-8-15-22-28-32-46-65-84(63-44-26-19-12-5)88(96)100-78-57-40-38-51-70-92(72-53-42-56-76-94)71-52-39-41-58-79-103-91(99)87(69-50-35-31-25-18-11-4)82-83(61-21-14-7)62-43-36-37-49-68-86(67-48-34-30-24-17-10-3)90(98)102-81-60-55-74-93(75-77-95)73-54-59-80-101-89(97)85(64-45-27-20-13-6)66-47-33-29-23-16-9-2/h83-87,94-95H,8-82H2,1-7H3. The first kappa shape index (κ1) is 101. The van der Waals surface area contributed by atoms with Gasteiger partial charge in [0.25, 0.3) is 0 Å². The monoisotopic (exact) mass is 1460 g/mol. The number of aliphatic hydroxyl groups is 2. The van der Waals surface area contributed by atoms with Crippen LogP contribution in [-0.4, -0.2) is 123 Å². The summed E-state index contributed by atoms with van der Waals surface area (Å²) in [5, 5.41) is 19.3. The molecule has 0 aromatic carbocycles. The molecule has 0 heterocycles. The van der Waals surface area contributed by atoms with E-state index in [9.17, 15) is 29.4 Å². The average Bonchev–Trinajstić information content (AvgIpc) is 0.974. The molecule has 0 aliphatic heterocycles. The molecule has 0 spiro atoms. The zero-order valence-corrected chi connectivity index (χ0v) is 70.0. The minimum Gasteiger partial charge on any atom is -0.465 e. The maximum atomic E-state index is 14.1. The lowest BCUT2D eigenvalue weighted by atomic mass is 9.84. The Morgan fingerprint density at radius 1 is 0.223 bits per heavy atom. The highest BCUT2D eigenvalue weighted by atomic mass is 16.5. The molecule has 103 heavy (non-hydrogen) atoms. The van der Waals surface area contributed by atoms with Gasteiger partial charge in [0.2, 0.25) is 0 Å². The molecule has 0 bridgehead atoms. The van der Waals surface area contributed by atoms with Crippen molar-refractivity contribution in [1.82, 2.24) is 9.80 Å². The third-order valence-electron chi connectivity index (χ3n) is 22.3. The summed E-state index contributed by atoms with van der Waals surface area (Å²) < 4.78 is 24.0. The summed E-state index contributed by atoms with van der Waals surface area (Å²) in [4.78, 5) is 59.2. The SMILES string of the molecule is CCCCCCCCC(CCCCCC)C(=O)OCCCCCCN(CCCCCO)CCCCCCOC(=O)C(CCCCCCCC)CC(CCCC)CCCCCCC(CCCCCCCC)C(=O)OCCCCN(CCO)CCCCOC(=O)C(CCCCCC)CCCCCCCC. The number of aliphatic hydroxyl groups excluding tert-OH is 2. The van der Waals surface area contributed by atoms with Crippen molar-refractivity contribution in [2.75, 3.05) is 78.9 Å². The van der Waals surface area contributed by atoms with Gasteiger partial charge in [0, 0.05) is 13.2 Å². The molecule has 0 rings (SSSR count). The fourth-order valence-electron chi connectivity index (χ4n) is 15.3. The van der Waals surface area contributed by atoms with Gasteiger partial charge in [0.05, 0.1) is 56.7 Å². The first-order chi connectivity index (χ1) is 50.6. The van der Waals surface area contributed by atoms with E-state index in [1.807, 2.05) is 0 Å². The highest BCUT2D eigenvalue weighted by Crippen LogP contribution is 2.30. The second kappa shape index (κ2) is 80.7. The topological polar surface area (TPSA) is 152 Å². The van der Waals surface area contributed by atoms with E-state index in [1.54, 1.807) is 0 Å². The van der Waals surface area contributed by atoms with Crippen LogP contribution in [0, 0.1) is 29.6 Å². The largest absolute Gasteiger partial charge is 0.465 e. The second-order valence-electron chi connectivity index (χ2n) is 32.1. The van der Waals surface area contributed by atoms with E-state index in [0.717, 1.165) is 251 Å². The van der Waals surface area contributed by atoms with Crippen LogP contribution >= 0.6 is 0 Å². The van der Waals surface area contributed by atoms with Gasteiger partial charge in [-0.3, -0.25) is 19.2 Å². The molecule has 0 saturated carbocycles. The maximum absolute atomic E-state index is 14.1. The number of esters is 4. The molecular weight excluding hydrogens is 1280 g/mol. The molecule has 0 aromatic heterocycles. The normalized spacial score (nSPS) is 13.2. The minimum atomic E-state index is -0.0431. The summed E-state index contributed by atoms with van der Waals surface area (Å²) in [6.07, 6.45) is 70.9. The molecule has 5 atom stereocenters. The van der Waals surface area contributed by atoms with Gasteiger partial charge >= 0.3 is 23.9 Å². The van der Waals surface area contributed by atoms with Crippen molar-refractivity contribution in [2.24, 2.45) is 29.6 Å². The van der Waals surface area contributed by atoms with Crippen LogP contribution in [0.4, 0.5) is 0 Å². The lowest BCUT2D eigenvalue weighted by molar-refractivity contribution is -0.150. The van der Waals surface area contributed by atoms with Crippen LogP contribution < -0.4 is 0 Å². The number of nitrogens with zero attached hydrogens (tertiary/aromatic N) is 2. The van der Waals surface area contributed by atoms with E-state index in [0.29, 0.717) is 38.9 Å².